The Balaban J connectivity index is 1.77. The first-order chi connectivity index (χ1) is 9.26. The molecule has 5 nitrogen and oxygen atoms in total. The number of piperidine rings is 2. The van der Waals surface area contributed by atoms with Gasteiger partial charge < -0.3 is 15.0 Å². The van der Waals surface area contributed by atoms with Gasteiger partial charge in [0.2, 0.25) is 11.8 Å². The molecule has 104 valence electrons. The van der Waals surface area contributed by atoms with Crippen LogP contribution in [0.3, 0.4) is 0 Å². The number of nitrogens with zero attached hydrogens (tertiary/aromatic N) is 3. The molecule has 0 amide bonds. The van der Waals surface area contributed by atoms with Gasteiger partial charge in [0.15, 0.2) is 0 Å². The number of ether oxygens (including phenoxy) is 1. The van der Waals surface area contributed by atoms with E-state index in [0.29, 0.717) is 11.9 Å². The van der Waals surface area contributed by atoms with E-state index in [1.165, 1.54) is 25.8 Å². The van der Waals surface area contributed by atoms with E-state index in [4.69, 9.17) is 4.74 Å². The fraction of sp³-hybridized carbons (Fsp3) is 0.714. The van der Waals surface area contributed by atoms with Gasteiger partial charge in [0.1, 0.15) is 0 Å². The second kappa shape index (κ2) is 5.33. The van der Waals surface area contributed by atoms with Crippen LogP contribution in [0.1, 0.15) is 25.0 Å². The Hall–Kier alpha value is -1.36. The Kier molecular flexibility index (Phi) is 3.55. The molecule has 2 aliphatic rings. The summed E-state index contributed by atoms with van der Waals surface area (Å²) in [5.41, 5.74) is 0.964. The number of hydrogen-bond donors (Lipinski definition) is 1. The SMILES string of the molecule is COc1cc(C)nc(N2CCC3NCCCC3C2)n1. The fourth-order valence-corrected chi connectivity index (χ4v) is 3.20. The van der Waals surface area contributed by atoms with Gasteiger partial charge in [0.25, 0.3) is 0 Å². The van der Waals surface area contributed by atoms with Gasteiger partial charge in [-0.2, -0.15) is 4.98 Å². The Morgan fingerprint density at radius 3 is 3.11 bits per heavy atom. The first kappa shape index (κ1) is 12.7. The minimum absolute atomic E-state index is 0.659. The van der Waals surface area contributed by atoms with Crippen LogP contribution in [0.4, 0.5) is 5.95 Å². The highest BCUT2D eigenvalue weighted by molar-refractivity contribution is 5.35. The van der Waals surface area contributed by atoms with Crippen LogP contribution < -0.4 is 15.0 Å². The average Bonchev–Trinajstić information content (AvgIpc) is 2.46. The highest BCUT2D eigenvalue weighted by Gasteiger charge is 2.32. The molecule has 1 aromatic heterocycles. The molecule has 19 heavy (non-hydrogen) atoms. The summed E-state index contributed by atoms with van der Waals surface area (Å²) in [4.78, 5) is 11.4. The lowest BCUT2D eigenvalue weighted by atomic mass is 9.85. The molecule has 2 unspecified atom stereocenters. The smallest absolute Gasteiger partial charge is 0.228 e. The van der Waals surface area contributed by atoms with Crippen LogP contribution in [0.2, 0.25) is 0 Å². The zero-order chi connectivity index (χ0) is 13.2. The number of methoxy groups -OCH3 is 1. The number of fused-ring (bicyclic) bond motifs is 1. The van der Waals surface area contributed by atoms with E-state index in [9.17, 15) is 0 Å². The molecule has 3 rings (SSSR count). The second-order valence-electron chi connectivity index (χ2n) is 5.55. The summed E-state index contributed by atoms with van der Waals surface area (Å²) in [5.74, 6) is 2.21. The van der Waals surface area contributed by atoms with Crippen molar-refractivity contribution in [2.24, 2.45) is 5.92 Å². The number of anilines is 1. The van der Waals surface area contributed by atoms with Gasteiger partial charge in [-0.25, -0.2) is 4.98 Å². The average molecular weight is 262 g/mol. The van der Waals surface area contributed by atoms with E-state index in [1.807, 2.05) is 13.0 Å². The van der Waals surface area contributed by atoms with E-state index in [2.05, 4.69) is 20.2 Å². The molecular formula is C14H22N4O. The molecule has 2 aliphatic heterocycles. The molecule has 0 spiro atoms. The lowest BCUT2D eigenvalue weighted by molar-refractivity contribution is 0.243. The second-order valence-corrected chi connectivity index (χ2v) is 5.55. The number of rotatable bonds is 2. The van der Waals surface area contributed by atoms with Gasteiger partial charge in [0.05, 0.1) is 7.11 Å². The minimum atomic E-state index is 0.659. The quantitative estimate of drug-likeness (QED) is 0.872. The molecule has 2 saturated heterocycles. The van der Waals surface area contributed by atoms with E-state index in [1.54, 1.807) is 7.11 Å². The summed E-state index contributed by atoms with van der Waals surface area (Å²) >= 11 is 0. The van der Waals surface area contributed by atoms with Crippen LogP contribution in [-0.2, 0) is 0 Å². The van der Waals surface area contributed by atoms with E-state index in [0.717, 1.165) is 30.6 Å². The Labute approximate surface area is 114 Å². The molecular weight excluding hydrogens is 240 g/mol. The largest absolute Gasteiger partial charge is 0.481 e. The van der Waals surface area contributed by atoms with E-state index >= 15 is 0 Å². The van der Waals surface area contributed by atoms with Gasteiger partial charge in [-0.05, 0) is 38.6 Å². The number of hydrogen-bond acceptors (Lipinski definition) is 5. The predicted molar refractivity (Wildman–Crippen MR) is 74.7 cm³/mol. The van der Waals surface area contributed by atoms with Crippen molar-refractivity contribution < 1.29 is 4.74 Å². The molecule has 3 heterocycles. The van der Waals surface area contributed by atoms with Gasteiger partial charge in [-0.1, -0.05) is 0 Å². The van der Waals surface area contributed by atoms with Crippen molar-refractivity contribution in [1.29, 1.82) is 0 Å². The summed E-state index contributed by atoms with van der Waals surface area (Å²) in [5, 5.41) is 3.63. The van der Waals surface area contributed by atoms with Crippen molar-refractivity contribution in [3.63, 3.8) is 0 Å². The highest BCUT2D eigenvalue weighted by Crippen LogP contribution is 2.27. The van der Waals surface area contributed by atoms with Crippen molar-refractivity contribution in [3.05, 3.63) is 11.8 Å². The van der Waals surface area contributed by atoms with Gasteiger partial charge in [0, 0.05) is 30.9 Å². The molecule has 0 saturated carbocycles. The van der Waals surface area contributed by atoms with Crippen molar-refractivity contribution >= 4 is 5.95 Å². The molecule has 2 fully saturated rings. The van der Waals surface area contributed by atoms with Gasteiger partial charge in [-0.3, -0.25) is 0 Å². The summed E-state index contributed by atoms with van der Waals surface area (Å²) < 4.78 is 5.24. The predicted octanol–water partition coefficient (Wildman–Crippen LogP) is 1.37. The van der Waals surface area contributed by atoms with E-state index in [-0.39, 0.29) is 0 Å². The van der Waals surface area contributed by atoms with Crippen LogP contribution in [-0.4, -0.2) is 42.8 Å². The summed E-state index contributed by atoms with van der Waals surface area (Å²) in [6.07, 6.45) is 3.79. The van der Waals surface area contributed by atoms with Crippen molar-refractivity contribution in [1.82, 2.24) is 15.3 Å². The lowest BCUT2D eigenvalue weighted by Gasteiger charge is -2.41. The third kappa shape index (κ3) is 2.66. The van der Waals surface area contributed by atoms with Crippen molar-refractivity contribution in [3.8, 4) is 5.88 Å². The molecule has 0 aliphatic carbocycles. The molecule has 2 atom stereocenters. The Morgan fingerprint density at radius 2 is 2.26 bits per heavy atom. The maximum Gasteiger partial charge on any atom is 0.228 e. The Morgan fingerprint density at radius 1 is 1.37 bits per heavy atom. The summed E-state index contributed by atoms with van der Waals surface area (Å²) in [7, 11) is 1.66. The number of nitrogens with one attached hydrogen (secondary N) is 1. The maximum atomic E-state index is 5.24. The zero-order valence-corrected chi connectivity index (χ0v) is 11.7. The molecule has 5 heteroatoms. The normalized spacial score (nSPS) is 26.9. The van der Waals surface area contributed by atoms with Gasteiger partial charge >= 0.3 is 0 Å². The Bertz CT molecular complexity index is 451. The number of aryl methyl sites for hydroxylation is 1. The van der Waals surface area contributed by atoms with Crippen LogP contribution in [0, 0.1) is 12.8 Å². The third-order valence-corrected chi connectivity index (χ3v) is 4.20. The van der Waals surface area contributed by atoms with Crippen molar-refractivity contribution in [2.45, 2.75) is 32.2 Å². The lowest BCUT2D eigenvalue weighted by Crippen LogP contribution is -2.52. The molecule has 0 radical (unpaired) electrons. The first-order valence-electron chi connectivity index (χ1n) is 7.14. The summed E-state index contributed by atoms with van der Waals surface area (Å²) in [6.45, 7) is 5.25. The zero-order valence-electron chi connectivity index (χ0n) is 11.7. The number of aromatic nitrogens is 2. The summed E-state index contributed by atoms with van der Waals surface area (Å²) in [6, 6.07) is 2.56. The molecule has 0 bridgehead atoms. The van der Waals surface area contributed by atoms with Crippen LogP contribution in [0.15, 0.2) is 6.07 Å². The minimum Gasteiger partial charge on any atom is -0.481 e. The van der Waals surface area contributed by atoms with E-state index < -0.39 is 0 Å². The molecule has 1 aromatic rings. The first-order valence-corrected chi connectivity index (χ1v) is 7.14. The third-order valence-electron chi connectivity index (χ3n) is 4.20. The van der Waals surface area contributed by atoms with Crippen LogP contribution in [0.25, 0.3) is 0 Å². The van der Waals surface area contributed by atoms with Gasteiger partial charge in [-0.15, -0.1) is 0 Å². The maximum absolute atomic E-state index is 5.24. The monoisotopic (exact) mass is 262 g/mol. The fourth-order valence-electron chi connectivity index (χ4n) is 3.20. The highest BCUT2D eigenvalue weighted by atomic mass is 16.5. The molecule has 1 N–H and O–H groups in total. The van der Waals surface area contributed by atoms with Crippen molar-refractivity contribution in [2.75, 3.05) is 31.6 Å². The van der Waals surface area contributed by atoms with Crippen LogP contribution >= 0.6 is 0 Å². The topological polar surface area (TPSA) is 50.3 Å². The molecule has 0 aromatic carbocycles. The van der Waals surface area contributed by atoms with Crippen LogP contribution in [0.5, 0.6) is 5.88 Å². The standard InChI is InChI=1S/C14H22N4O/c1-10-8-13(19-2)17-14(16-10)18-7-5-12-11(9-18)4-3-6-15-12/h8,11-12,15H,3-7,9H2,1-2H3.